The van der Waals surface area contributed by atoms with Crippen molar-refractivity contribution in [1.82, 2.24) is 5.32 Å². The lowest BCUT2D eigenvalue weighted by Crippen LogP contribution is -2.47. The van der Waals surface area contributed by atoms with E-state index < -0.39 is 24.0 Å². The van der Waals surface area contributed by atoms with Crippen molar-refractivity contribution in [2.75, 3.05) is 6.54 Å². The maximum atomic E-state index is 10.9. The second-order valence-corrected chi connectivity index (χ2v) is 3.63. The Balaban J connectivity index is 4.12. The topological polar surface area (TPSA) is 157 Å². The molecule has 17 heavy (non-hydrogen) atoms. The number of carbonyl (C=O) groups is 2. The molecular weight excluding hydrogens is 226 g/mol. The Bertz CT molecular complexity index is 301. The van der Waals surface area contributed by atoms with Crippen LogP contribution >= 0.6 is 0 Å². The van der Waals surface area contributed by atoms with Crippen molar-refractivity contribution in [3.63, 3.8) is 0 Å². The van der Waals surface area contributed by atoms with Gasteiger partial charge in [0.25, 0.3) is 0 Å². The molecule has 0 fully saturated rings. The Labute approximate surface area is 99.2 Å². The maximum absolute atomic E-state index is 10.9. The number of aliphatic carboxylic acids is 1. The predicted molar refractivity (Wildman–Crippen MR) is 63.1 cm³/mol. The summed E-state index contributed by atoms with van der Waals surface area (Å²) in [5, 5.41) is 11.5. The van der Waals surface area contributed by atoms with Crippen LogP contribution in [0.5, 0.6) is 0 Å². The minimum Gasteiger partial charge on any atom is -0.480 e. The first-order valence-electron chi connectivity index (χ1n) is 5.18. The lowest BCUT2D eigenvalue weighted by molar-refractivity contribution is -0.140. The standard InChI is InChI=1S/C9H19N5O3/c1-5(7(10)15)14-6(8(16)17)3-2-4-13-9(11)12/h5-6,14H,2-4H2,1H3,(H2,10,15)(H,16,17)(H4,11,12,13)/t5?,6-/m1/s1. The van der Waals surface area contributed by atoms with Gasteiger partial charge in [-0.25, -0.2) is 0 Å². The van der Waals surface area contributed by atoms with E-state index in [2.05, 4.69) is 10.3 Å². The second-order valence-electron chi connectivity index (χ2n) is 3.63. The zero-order valence-electron chi connectivity index (χ0n) is 9.72. The Hall–Kier alpha value is -1.83. The van der Waals surface area contributed by atoms with E-state index in [9.17, 15) is 9.59 Å². The molecule has 1 amide bonds. The Kier molecular flexibility index (Phi) is 6.64. The van der Waals surface area contributed by atoms with Gasteiger partial charge in [-0.1, -0.05) is 0 Å². The van der Waals surface area contributed by atoms with E-state index in [-0.39, 0.29) is 5.96 Å². The van der Waals surface area contributed by atoms with Crippen LogP contribution in [0.15, 0.2) is 4.99 Å². The highest BCUT2D eigenvalue weighted by molar-refractivity contribution is 5.81. The molecule has 8 heteroatoms. The van der Waals surface area contributed by atoms with Crippen LogP contribution in [-0.4, -0.2) is 41.6 Å². The quantitative estimate of drug-likeness (QED) is 0.188. The van der Waals surface area contributed by atoms with Crippen LogP contribution in [0.4, 0.5) is 0 Å². The van der Waals surface area contributed by atoms with Gasteiger partial charge in [-0.2, -0.15) is 0 Å². The zero-order valence-corrected chi connectivity index (χ0v) is 9.72. The van der Waals surface area contributed by atoms with Crippen LogP contribution < -0.4 is 22.5 Å². The molecule has 1 unspecified atom stereocenters. The molecular formula is C9H19N5O3. The van der Waals surface area contributed by atoms with Gasteiger partial charge in [-0.3, -0.25) is 19.9 Å². The first-order chi connectivity index (χ1) is 7.84. The molecule has 8 N–H and O–H groups in total. The Morgan fingerprint density at radius 1 is 1.35 bits per heavy atom. The molecule has 0 aliphatic heterocycles. The minimum absolute atomic E-state index is 0.0321. The highest BCUT2D eigenvalue weighted by atomic mass is 16.4. The van der Waals surface area contributed by atoms with Gasteiger partial charge in [0, 0.05) is 6.54 Å². The molecule has 0 aromatic rings. The number of carbonyl (C=O) groups excluding carboxylic acids is 1. The smallest absolute Gasteiger partial charge is 0.320 e. The van der Waals surface area contributed by atoms with Gasteiger partial charge in [0.05, 0.1) is 6.04 Å². The largest absolute Gasteiger partial charge is 0.480 e. The van der Waals surface area contributed by atoms with Gasteiger partial charge in [-0.15, -0.1) is 0 Å². The molecule has 0 aromatic carbocycles. The van der Waals surface area contributed by atoms with E-state index in [1.54, 1.807) is 0 Å². The average molecular weight is 245 g/mol. The van der Waals surface area contributed by atoms with Crippen molar-refractivity contribution in [3.05, 3.63) is 0 Å². The SMILES string of the molecule is CC(N[C@H](CCCN=C(N)N)C(=O)O)C(N)=O. The summed E-state index contributed by atoms with van der Waals surface area (Å²) in [6.07, 6.45) is 0.803. The molecule has 0 rings (SSSR count). The summed E-state index contributed by atoms with van der Waals surface area (Å²) in [6, 6.07) is -1.54. The maximum Gasteiger partial charge on any atom is 0.320 e. The number of nitrogens with one attached hydrogen (secondary N) is 1. The Morgan fingerprint density at radius 3 is 2.35 bits per heavy atom. The Morgan fingerprint density at radius 2 is 1.94 bits per heavy atom. The first kappa shape index (κ1) is 15.2. The molecule has 0 spiro atoms. The summed E-state index contributed by atoms with van der Waals surface area (Å²) in [6.45, 7) is 1.85. The van der Waals surface area contributed by atoms with Gasteiger partial charge < -0.3 is 22.3 Å². The van der Waals surface area contributed by atoms with Gasteiger partial charge >= 0.3 is 5.97 Å². The number of carboxylic acids is 1. The molecule has 0 radical (unpaired) electrons. The van der Waals surface area contributed by atoms with E-state index >= 15 is 0 Å². The molecule has 8 nitrogen and oxygen atoms in total. The monoisotopic (exact) mass is 245 g/mol. The van der Waals surface area contributed by atoms with E-state index in [0.717, 1.165) is 0 Å². The molecule has 0 aliphatic carbocycles. The lowest BCUT2D eigenvalue weighted by Gasteiger charge is -2.17. The van der Waals surface area contributed by atoms with E-state index in [4.69, 9.17) is 22.3 Å². The van der Waals surface area contributed by atoms with Crippen LogP contribution in [0.3, 0.4) is 0 Å². The third-order valence-electron chi connectivity index (χ3n) is 2.12. The van der Waals surface area contributed by atoms with Gasteiger partial charge in [0.15, 0.2) is 5.96 Å². The predicted octanol–water partition coefficient (Wildman–Crippen LogP) is -2.04. The summed E-state index contributed by atoms with van der Waals surface area (Å²) in [5.74, 6) is -1.67. The number of guanidine groups is 1. The van der Waals surface area contributed by atoms with E-state index in [1.165, 1.54) is 6.92 Å². The van der Waals surface area contributed by atoms with Crippen molar-refractivity contribution < 1.29 is 14.7 Å². The van der Waals surface area contributed by atoms with Crippen LogP contribution in [0.25, 0.3) is 0 Å². The molecule has 0 saturated heterocycles. The normalized spacial score (nSPS) is 13.7. The van der Waals surface area contributed by atoms with E-state index in [0.29, 0.717) is 19.4 Å². The summed E-state index contributed by atoms with van der Waals surface area (Å²) >= 11 is 0. The first-order valence-corrected chi connectivity index (χ1v) is 5.18. The molecule has 0 heterocycles. The number of amides is 1. The highest BCUT2D eigenvalue weighted by Gasteiger charge is 2.21. The van der Waals surface area contributed by atoms with Crippen molar-refractivity contribution >= 4 is 17.8 Å². The molecule has 2 atom stereocenters. The molecule has 0 aromatic heterocycles. The second kappa shape index (κ2) is 7.44. The number of nitrogens with two attached hydrogens (primary N) is 3. The minimum atomic E-state index is -1.04. The van der Waals surface area contributed by atoms with Crippen LogP contribution in [0.1, 0.15) is 19.8 Å². The fraction of sp³-hybridized carbons (Fsp3) is 0.667. The summed E-state index contributed by atoms with van der Waals surface area (Å²) in [5.41, 5.74) is 15.3. The number of hydrogen-bond donors (Lipinski definition) is 5. The van der Waals surface area contributed by atoms with Gasteiger partial charge in [0.1, 0.15) is 6.04 Å². The number of aliphatic imine (C=N–C) groups is 1. The van der Waals surface area contributed by atoms with Gasteiger partial charge in [-0.05, 0) is 19.8 Å². The third kappa shape index (κ3) is 7.12. The van der Waals surface area contributed by atoms with Crippen LogP contribution in [0.2, 0.25) is 0 Å². The molecule has 0 bridgehead atoms. The highest BCUT2D eigenvalue weighted by Crippen LogP contribution is 2.00. The van der Waals surface area contributed by atoms with Crippen molar-refractivity contribution in [1.29, 1.82) is 0 Å². The number of primary amides is 1. The summed E-state index contributed by atoms with van der Waals surface area (Å²) in [7, 11) is 0. The average Bonchev–Trinajstić information content (AvgIpc) is 2.21. The third-order valence-corrected chi connectivity index (χ3v) is 2.12. The number of rotatable bonds is 8. The fourth-order valence-electron chi connectivity index (χ4n) is 1.17. The summed E-state index contributed by atoms with van der Waals surface area (Å²) in [4.78, 5) is 25.4. The zero-order chi connectivity index (χ0) is 13.4. The molecule has 0 saturated carbocycles. The number of carboxylic acid groups (broad SMARTS) is 1. The van der Waals surface area contributed by atoms with Crippen LogP contribution in [-0.2, 0) is 9.59 Å². The fourth-order valence-corrected chi connectivity index (χ4v) is 1.17. The van der Waals surface area contributed by atoms with Crippen LogP contribution in [0, 0.1) is 0 Å². The molecule has 98 valence electrons. The van der Waals surface area contributed by atoms with Crippen molar-refractivity contribution in [2.24, 2.45) is 22.2 Å². The van der Waals surface area contributed by atoms with E-state index in [1.807, 2.05) is 0 Å². The van der Waals surface area contributed by atoms with Crippen molar-refractivity contribution in [2.45, 2.75) is 31.8 Å². The summed E-state index contributed by atoms with van der Waals surface area (Å²) < 4.78 is 0. The number of hydrogen-bond acceptors (Lipinski definition) is 4. The lowest BCUT2D eigenvalue weighted by atomic mass is 10.1. The van der Waals surface area contributed by atoms with Crippen molar-refractivity contribution in [3.8, 4) is 0 Å². The molecule has 0 aliphatic rings. The number of nitrogens with zero attached hydrogens (tertiary/aromatic N) is 1. The van der Waals surface area contributed by atoms with Gasteiger partial charge in [0.2, 0.25) is 5.91 Å².